The van der Waals surface area contributed by atoms with Crippen molar-refractivity contribution in [2.24, 2.45) is 5.92 Å². The monoisotopic (exact) mass is 168 g/mol. The molecule has 0 fully saturated rings. The summed E-state index contributed by atoms with van der Waals surface area (Å²) in [6.07, 6.45) is 1.80. The minimum absolute atomic E-state index is 0.343. The van der Waals surface area contributed by atoms with Gasteiger partial charge in [0.05, 0.1) is 0 Å². The number of hydrogen-bond acceptors (Lipinski definition) is 1. The van der Waals surface area contributed by atoms with Crippen molar-refractivity contribution in [2.75, 3.05) is 0 Å². The summed E-state index contributed by atoms with van der Waals surface area (Å²) in [4.78, 5) is 11.1. The van der Waals surface area contributed by atoms with E-state index in [0.717, 1.165) is 18.4 Å². The molecule has 1 atom stereocenters. The lowest BCUT2D eigenvalue weighted by molar-refractivity contribution is -0.116. The number of ketones is 1. The average molecular weight is 168 g/mol. The molecule has 0 aromatic rings. The molecule has 0 saturated carbocycles. The molecule has 1 heteroatoms. The Balaban J connectivity index is 0.000000561. The van der Waals surface area contributed by atoms with Gasteiger partial charge in [-0.1, -0.05) is 26.3 Å². The lowest BCUT2D eigenvalue weighted by Gasteiger charge is -2.19. The molecule has 0 amide bonds. The number of carbonyl (C=O) groups excluding carboxylic acids is 1. The summed E-state index contributed by atoms with van der Waals surface area (Å²) in [5.74, 6) is 0.966. The van der Waals surface area contributed by atoms with Crippen molar-refractivity contribution in [1.29, 1.82) is 0 Å². The molecule has 0 aromatic carbocycles. The molecular formula is C11H20O. The second kappa shape index (κ2) is 5.13. The molecule has 1 rings (SSSR count). The van der Waals surface area contributed by atoms with Crippen molar-refractivity contribution in [3.05, 3.63) is 11.1 Å². The first-order valence-corrected chi connectivity index (χ1v) is 4.83. The van der Waals surface area contributed by atoms with Gasteiger partial charge in [0.15, 0.2) is 5.78 Å². The number of carbonyl (C=O) groups is 1. The van der Waals surface area contributed by atoms with Gasteiger partial charge in [0.25, 0.3) is 0 Å². The third-order valence-corrected chi connectivity index (χ3v) is 2.55. The zero-order valence-electron chi connectivity index (χ0n) is 8.90. The number of Topliss-reactive ketones (excluding diaryl/α,β-unsaturated/α-hetero) is 1. The molecule has 0 aliphatic heterocycles. The molecule has 1 nitrogen and oxygen atoms in total. The second-order valence-electron chi connectivity index (χ2n) is 3.17. The first-order valence-electron chi connectivity index (χ1n) is 4.83. The molecule has 0 saturated heterocycles. The van der Waals surface area contributed by atoms with Gasteiger partial charge in [-0.05, 0) is 31.8 Å². The molecule has 0 N–H and O–H groups in total. The fourth-order valence-electron chi connectivity index (χ4n) is 1.34. The van der Waals surface area contributed by atoms with Crippen LogP contribution < -0.4 is 0 Å². The minimum atomic E-state index is 0.343. The molecule has 1 unspecified atom stereocenters. The van der Waals surface area contributed by atoms with Crippen LogP contribution in [0.5, 0.6) is 0 Å². The highest BCUT2D eigenvalue weighted by atomic mass is 16.1. The highest BCUT2D eigenvalue weighted by Gasteiger charge is 2.18. The molecule has 0 aromatic heterocycles. The van der Waals surface area contributed by atoms with Crippen LogP contribution in [0, 0.1) is 5.92 Å². The van der Waals surface area contributed by atoms with Crippen LogP contribution in [-0.4, -0.2) is 5.78 Å². The Morgan fingerprint density at radius 1 is 1.25 bits per heavy atom. The summed E-state index contributed by atoms with van der Waals surface area (Å²) >= 11 is 0. The van der Waals surface area contributed by atoms with E-state index in [0.29, 0.717) is 11.7 Å². The zero-order valence-corrected chi connectivity index (χ0v) is 8.90. The standard InChI is InChI=1S/C9H14O.C2H6/c1-6-4-5-9(10)8(3)7(6)2;1-2/h6H,4-5H2,1-3H3;1-2H3. The Hall–Kier alpha value is -0.590. The first-order chi connectivity index (χ1) is 5.63. The van der Waals surface area contributed by atoms with Crippen LogP contribution >= 0.6 is 0 Å². The van der Waals surface area contributed by atoms with Gasteiger partial charge < -0.3 is 0 Å². The summed E-state index contributed by atoms with van der Waals surface area (Å²) in [5, 5.41) is 0. The maximum Gasteiger partial charge on any atom is 0.158 e. The predicted molar refractivity (Wildman–Crippen MR) is 53.1 cm³/mol. The maximum atomic E-state index is 11.1. The average Bonchev–Trinajstić information content (AvgIpc) is 2.12. The van der Waals surface area contributed by atoms with Gasteiger partial charge in [0, 0.05) is 6.42 Å². The lowest BCUT2D eigenvalue weighted by atomic mass is 9.85. The Morgan fingerprint density at radius 3 is 2.17 bits per heavy atom. The quantitative estimate of drug-likeness (QED) is 0.542. The second-order valence-corrected chi connectivity index (χ2v) is 3.17. The molecule has 0 radical (unpaired) electrons. The molecule has 0 heterocycles. The number of allylic oxidation sites excluding steroid dienone is 2. The highest BCUT2D eigenvalue weighted by molar-refractivity contribution is 5.96. The Morgan fingerprint density at radius 2 is 1.75 bits per heavy atom. The van der Waals surface area contributed by atoms with E-state index in [1.165, 1.54) is 5.57 Å². The number of hydrogen-bond donors (Lipinski definition) is 0. The van der Waals surface area contributed by atoms with Gasteiger partial charge in [-0.15, -0.1) is 0 Å². The van der Waals surface area contributed by atoms with E-state index in [1.807, 2.05) is 20.8 Å². The van der Waals surface area contributed by atoms with Gasteiger partial charge in [-0.2, -0.15) is 0 Å². The van der Waals surface area contributed by atoms with E-state index < -0.39 is 0 Å². The van der Waals surface area contributed by atoms with Crippen LogP contribution in [0.3, 0.4) is 0 Å². The molecule has 70 valence electrons. The van der Waals surface area contributed by atoms with Crippen LogP contribution in [0.4, 0.5) is 0 Å². The first kappa shape index (κ1) is 11.4. The summed E-state index contributed by atoms with van der Waals surface area (Å²) in [6.45, 7) is 10.2. The van der Waals surface area contributed by atoms with Crippen molar-refractivity contribution in [1.82, 2.24) is 0 Å². The molecule has 1 aliphatic carbocycles. The molecule has 0 bridgehead atoms. The SMILES string of the molecule is CC.CC1=C(C)C(C)CCC1=O. The fourth-order valence-corrected chi connectivity index (χ4v) is 1.34. The maximum absolute atomic E-state index is 11.1. The van der Waals surface area contributed by atoms with Crippen LogP contribution in [0.15, 0.2) is 11.1 Å². The predicted octanol–water partition coefficient (Wildman–Crippen LogP) is 3.35. The topological polar surface area (TPSA) is 17.1 Å². The van der Waals surface area contributed by atoms with Crippen molar-refractivity contribution >= 4 is 5.78 Å². The van der Waals surface area contributed by atoms with Gasteiger partial charge in [0.1, 0.15) is 0 Å². The summed E-state index contributed by atoms with van der Waals surface area (Å²) in [6, 6.07) is 0. The molecule has 0 spiro atoms. The van der Waals surface area contributed by atoms with E-state index in [-0.39, 0.29) is 0 Å². The van der Waals surface area contributed by atoms with Gasteiger partial charge >= 0.3 is 0 Å². The van der Waals surface area contributed by atoms with Gasteiger partial charge in [-0.3, -0.25) is 4.79 Å². The molecule has 12 heavy (non-hydrogen) atoms. The van der Waals surface area contributed by atoms with Gasteiger partial charge in [-0.25, -0.2) is 0 Å². The largest absolute Gasteiger partial charge is 0.295 e. The number of rotatable bonds is 0. The summed E-state index contributed by atoms with van der Waals surface area (Å²) in [7, 11) is 0. The Bertz CT molecular complexity index is 189. The smallest absolute Gasteiger partial charge is 0.158 e. The summed E-state index contributed by atoms with van der Waals surface area (Å²) < 4.78 is 0. The molecular weight excluding hydrogens is 148 g/mol. The van der Waals surface area contributed by atoms with Gasteiger partial charge in [0.2, 0.25) is 0 Å². The van der Waals surface area contributed by atoms with Crippen molar-refractivity contribution in [3.8, 4) is 0 Å². The van der Waals surface area contributed by atoms with Crippen LogP contribution in [0.1, 0.15) is 47.5 Å². The fraction of sp³-hybridized carbons (Fsp3) is 0.727. The minimum Gasteiger partial charge on any atom is -0.295 e. The zero-order chi connectivity index (χ0) is 9.72. The van der Waals surface area contributed by atoms with Crippen LogP contribution in [0.2, 0.25) is 0 Å². The normalized spacial score (nSPS) is 23.4. The van der Waals surface area contributed by atoms with E-state index in [2.05, 4.69) is 13.8 Å². The van der Waals surface area contributed by atoms with E-state index >= 15 is 0 Å². The van der Waals surface area contributed by atoms with E-state index in [1.54, 1.807) is 0 Å². The van der Waals surface area contributed by atoms with Crippen LogP contribution in [0.25, 0.3) is 0 Å². The Labute approximate surface area is 75.9 Å². The Kier molecular flexibility index (Phi) is 4.87. The van der Waals surface area contributed by atoms with Crippen LogP contribution in [-0.2, 0) is 4.79 Å². The molecule has 1 aliphatic rings. The highest BCUT2D eigenvalue weighted by Crippen LogP contribution is 2.26. The summed E-state index contributed by atoms with van der Waals surface area (Å²) in [5.41, 5.74) is 2.29. The van der Waals surface area contributed by atoms with E-state index in [4.69, 9.17) is 0 Å². The van der Waals surface area contributed by atoms with Crippen molar-refractivity contribution in [2.45, 2.75) is 47.5 Å². The van der Waals surface area contributed by atoms with E-state index in [9.17, 15) is 4.79 Å². The third-order valence-electron chi connectivity index (χ3n) is 2.55. The van der Waals surface area contributed by atoms with Crippen molar-refractivity contribution in [3.63, 3.8) is 0 Å². The van der Waals surface area contributed by atoms with Crippen molar-refractivity contribution < 1.29 is 4.79 Å². The lowest BCUT2D eigenvalue weighted by Crippen LogP contribution is -2.14. The third kappa shape index (κ3) is 2.47.